The summed E-state index contributed by atoms with van der Waals surface area (Å²) >= 11 is 6.16. The molecule has 1 heterocycles. The molecule has 0 N–H and O–H groups in total. The van der Waals surface area contributed by atoms with Crippen LogP contribution in [0.2, 0.25) is 5.02 Å². The third kappa shape index (κ3) is 4.61. The Morgan fingerprint density at radius 2 is 1.93 bits per heavy atom. The fourth-order valence-electron chi connectivity index (χ4n) is 2.88. The highest BCUT2D eigenvalue weighted by Crippen LogP contribution is 2.26. The van der Waals surface area contributed by atoms with E-state index in [9.17, 15) is 9.59 Å². The van der Waals surface area contributed by atoms with Gasteiger partial charge in [-0.25, -0.2) is 4.79 Å². The lowest BCUT2D eigenvalue weighted by molar-refractivity contribution is 0.0969. The van der Waals surface area contributed by atoms with Crippen LogP contribution < -0.4 is 10.4 Å². The number of nitrogens with zero attached hydrogens (tertiary/aromatic N) is 1. The molecule has 0 bridgehead atoms. The number of rotatable bonds is 7. The molecule has 0 spiro atoms. The van der Waals surface area contributed by atoms with Crippen molar-refractivity contribution in [3.8, 4) is 5.75 Å². The molecule has 28 heavy (non-hydrogen) atoms. The largest absolute Gasteiger partial charge is 0.489 e. The third-order valence-corrected chi connectivity index (χ3v) is 4.84. The summed E-state index contributed by atoms with van der Waals surface area (Å²) < 4.78 is 11.2. The molecular formula is C22H22ClNO4. The molecule has 2 aromatic carbocycles. The molecule has 146 valence electrons. The summed E-state index contributed by atoms with van der Waals surface area (Å²) in [5.41, 5.74) is 1.58. The summed E-state index contributed by atoms with van der Waals surface area (Å²) in [4.78, 5) is 26.6. The number of aryl methyl sites for hydroxylation is 1. The molecule has 3 rings (SSSR count). The zero-order valence-corrected chi connectivity index (χ0v) is 16.9. The zero-order valence-electron chi connectivity index (χ0n) is 16.1. The monoisotopic (exact) mass is 399 g/mol. The van der Waals surface area contributed by atoms with Gasteiger partial charge in [0.25, 0.3) is 0 Å². The summed E-state index contributed by atoms with van der Waals surface area (Å²) in [7, 11) is 3.76. The van der Waals surface area contributed by atoms with Gasteiger partial charge in [0.05, 0.1) is 0 Å². The maximum absolute atomic E-state index is 12.4. The smallest absolute Gasteiger partial charge is 0.347 e. The topological polar surface area (TPSA) is 59.8 Å². The molecule has 0 atom stereocenters. The maximum Gasteiger partial charge on any atom is 0.347 e. The van der Waals surface area contributed by atoms with Crippen molar-refractivity contribution in [2.24, 2.45) is 0 Å². The number of ether oxygens (including phenoxy) is 1. The summed E-state index contributed by atoms with van der Waals surface area (Å²) in [6, 6.07) is 12.6. The average Bonchev–Trinajstić information content (AvgIpc) is 2.65. The molecule has 5 nitrogen and oxygen atoms in total. The van der Waals surface area contributed by atoms with Gasteiger partial charge in [0.1, 0.15) is 23.5 Å². The zero-order chi connectivity index (χ0) is 20.3. The van der Waals surface area contributed by atoms with E-state index in [0.29, 0.717) is 29.5 Å². The predicted octanol–water partition coefficient (Wildman–Crippen LogP) is 4.47. The molecule has 0 aliphatic carbocycles. The van der Waals surface area contributed by atoms with Gasteiger partial charge < -0.3 is 14.1 Å². The molecule has 0 amide bonds. The van der Waals surface area contributed by atoms with E-state index in [1.807, 2.05) is 50.2 Å². The molecule has 0 radical (unpaired) electrons. The number of hydrogen-bond acceptors (Lipinski definition) is 5. The highest BCUT2D eigenvalue weighted by atomic mass is 35.5. The highest BCUT2D eigenvalue weighted by molar-refractivity contribution is 6.31. The Balaban J connectivity index is 1.87. The van der Waals surface area contributed by atoms with Gasteiger partial charge in [0.15, 0.2) is 5.78 Å². The van der Waals surface area contributed by atoms with Gasteiger partial charge in [-0.3, -0.25) is 4.79 Å². The van der Waals surface area contributed by atoms with Crippen LogP contribution in [0.15, 0.2) is 51.7 Å². The molecule has 1 aromatic heterocycles. The second-order valence-corrected chi connectivity index (χ2v) is 7.36. The lowest BCUT2D eigenvalue weighted by atomic mass is 10.0. The first-order valence-electron chi connectivity index (χ1n) is 8.98. The summed E-state index contributed by atoms with van der Waals surface area (Å²) in [5.74, 6) is 0.350. The molecule has 3 aromatic rings. The lowest BCUT2D eigenvalue weighted by Crippen LogP contribution is -2.20. The van der Waals surface area contributed by atoms with Crippen LogP contribution in [0.5, 0.6) is 5.75 Å². The van der Waals surface area contributed by atoms with Crippen LogP contribution in [0.4, 0.5) is 0 Å². The van der Waals surface area contributed by atoms with Crippen LogP contribution in [0.1, 0.15) is 27.9 Å². The van der Waals surface area contributed by atoms with E-state index in [-0.39, 0.29) is 17.8 Å². The van der Waals surface area contributed by atoms with Crippen LogP contribution in [0.3, 0.4) is 0 Å². The number of carbonyl (C=O) groups is 1. The fourth-order valence-corrected chi connectivity index (χ4v) is 3.07. The molecule has 0 saturated heterocycles. The number of ketones is 1. The predicted molar refractivity (Wildman–Crippen MR) is 111 cm³/mol. The highest BCUT2D eigenvalue weighted by Gasteiger charge is 2.16. The van der Waals surface area contributed by atoms with Gasteiger partial charge >= 0.3 is 5.63 Å². The Morgan fingerprint density at radius 1 is 1.18 bits per heavy atom. The van der Waals surface area contributed by atoms with Gasteiger partial charge in [-0.15, -0.1) is 0 Å². The molecule has 6 heteroatoms. The van der Waals surface area contributed by atoms with E-state index >= 15 is 0 Å². The van der Waals surface area contributed by atoms with Gasteiger partial charge in [0, 0.05) is 35.0 Å². The number of carbonyl (C=O) groups excluding carboxylic acids is 1. The van der Waals surface area contributed by atoms with E-state index in [1.165, 1.54) is 0 Å². The van der Waals surface area contributed by atoms with Crippen molar-refractivity contribution in [2.45, 2.75) is 20.0 Å². The molecule has 0 aliphatic heterocycles. The van der Waals surface area contributed by atoms with Crippen LogP contribution in [0.25, 0.3) is 11.0 Å². The van der Waals surface area contributed by atoms with Crippen LogP contribution >= 0.6 is 11.6 Å². The minimum atomic E-state index is -0.626. The Labute approximate surface area is 168 Å². The molecule has 0 saturated carbocycles. The van der Waals surface area contributed by atoms with Crippen molar-refractivity contribution in [3.63, 3.8) is 0 Å². The standard InChI is InChI=1S/C22H22ClNO4/c1-14-10-16(27-13-15-6-4-5-7-19(15)23)11-21-17(14)12-18(22(26)28-21)20(25)8-9-24(2)3/h4-7,10-12H,8-9,13H2,1-3H3. The summed E-state index contributed by atoms with van der Waals surface area (Å²) in [6.07, 6.45) is 0.265. The van der Waals surface area contributed by atoms with Gasteiger partial charge in [0.2, 0.25) is 0 Å². The van der Waals surface area contributed by atoms with Crippen LogP contribution in [-0.4, -0.2) is 31.3 Å². The van der Waals surface area contributed by atoms with Gasteiger partial charge in [-0.2, -0.15) is 0 Å². The fraction of sp³-hybridized carbons (Fsp3) is 0.273. The van der Waals surface area contributed by atoms with E-state index < -0.39 is 5.63 Å². The number of benzene rings is 2. The maximum atomic E-state index is 12.4. The average molecular weight is 400 g/mol. The summed E-state index contributed by atoms with van der Waals surface area (Å²) in [6.45, 7) is 2.76. The minimum absolute atomic E-state index is 0.0854. The van der Waals surface area contributed by atoms with Crippen molar-refractivity contribution >= 4 is 28.4 Å². The first-order chi connectivity index (χ1) is 13.3. The second kappa shape index (κ2) is 8.59. The van der Waals surface area contributed by atoms with Crippen LogP contribution in [0, 0.1) is 6.92 Å². The van der Waals surface area contributed by atoms with Crippen molar-refractivity contribution in [3.05, 3.63) is 74.6 Å². The summed E-state index contributed by atoms with van der Waals surface area (Å²) in [5, 5.41) is 1.35. The van der Waals surface area contributed by atoms with Gasteiger partial charge in [-0.1, -0.05) is 29.8 Å². The number of Topliss-reactive ketones (excluding diaryl/α,β-unsaturated/α-hetero) is 1. The quantitative estimate of drug-likeness (QED) is 0.433. The number of hydrogen-bond donors (Lipinski definition) is 0. The van der Waals surface area contributed by atoms with E-state index in [1.54, 1.807) is 18.2 Å². The Hall–Kier alpha value is -2.63. The molecule has 0 aliphatic rings. The number of halogens is 1. The van der Waals surface area contributed by atoms with Crippen molar-refractivity contribution < 1.29 is 13.9 Å². The molecular weight excluding hydrogens is 378 g/mol. The van der Waals surface area contributed by atoms with E-state index in [2.05, 4.69) is 0 Å². The normalized spacial score (nSPS) is 11.2. The molecule has 0 unspecified atom stereocenters. The Bertz CT molecular complexity index is 1070. The second-order valence-electron chi connectivity index (χ2n) is 6.96. The van der Waals surface area contributed by atoms with E-state index in [0.717, 1.165) is 16.5 Å². The number of fused-ring (bicyclic) bond motifs is 1. The Morgan fingerprint density at radius 3 is 2.64 bits per heavy atom. The van der Waals surface area contributed by atoms with Crippen molar-refractivity contribution in [1.29, 1.82) is 0 Å². The third-order valence-electron chi connectivity index (χ3n) is 4.47. The Kier molecular flexibility index (Phi) is 6.17. The minimum Gasteiger partial charge on any atom is -0.489 e. The van der Waals surface area contributed by atoms with Crippen molar-refractivity contribution in [1.82, 2.24) is 4.90 Å². The van der Waals surface area contributed by atoms with Gasteiger partial charge in [-0.05, 0) is 44.8 Å². The van der Waals surface area contributed by atoms with Crippen molar-refractivity contribution in [2.75, 3.05) is 20.6 Å². The first kappa shape index (κ1) is 20.1. The molecule has 0 fully saturated rings. The lowest BCUT2D eigenvalue weighted by Gasteiger charge is -2.11. The first-order valence-corrected chi connectivity index (χ1v) is 9.35. The van der Waals surface area contributed by atoms with Crippen LogP contribution in [-0.2, 0) is 6.61 Å². The SMILES string of the molecule is Cc1cc(OCc2ccccc2Cl)cc2oc(=O)c(C(=O)CCN(C)C)cc12. The van der Waals surface area contributed by atoms with E-state index in [4.69, 9.17) is 20.8 Å².